The zero-order chi connectivity index (χ0) is 25.8. The van der Waals surface area contributed by atoms with Gasteiger partial charge in [-0.15, -0.1) is 0 Å². The topological polar surface area (TPSA) is 113 Å². The number of carboxylic acid groups (broad SMARTS) is 1. The average Bonchev–Trinajstić information content (AvgIpc) is 2.81. The molecule has 0 saturated carbocycles. The molecule has 0 radical (unpaired) electrons. The van der Waals surface area contributed by atoms with Crippen LogP contribution in [0.15, 0.2) is 60.7 Å². The van der Waals surface area contributed by atoms with Gasteiger partial charge in [0.2, 0.25) is 11.8 Å². The quantitative estimate of drug-likeness (QED) is 0.406. The molecular weight excluding hydrogens is 444 g/mol. The number of nitrogens with one attached hydrogen (secondary N) is 2. The fraction of sp³-hybridized carbons (Fsp3) is 0.429. The van der Waals surface area contributed by atoms with Gasteiger partial charge < -0.3 is 15.7 Å². The first-order valence-electron chi connectivity index (χ1n) is 11.9. The normalized spacial score (nSPS) is 12.9. The summed E-state index contributed by atoms with van der Waals surface area (Å²) in [5.74, 6) is -2.87. The first-order valence-corrected chi connectivity index (χ1v) is 11.9. The van der Waals surface area contributed by atoms with Crippen LogP contribution >= 0.6 is 0 Å². The van der Waals surface area contributed by atoms with Gasteiger partial charge in [0, 0.05) is 25.2 Å². The number of hydrogen-bond acceptors (Lipinski definition) is 4. The third kappa shape index (κ3) is 11.0. The molecule has 0 aliphatic rings. The van der Waals surface area contributed by atoms with Gasteiger partial charge >= 0.3 is 5.97 Å². The molecule has 0 heterocycles. The van der Waals surface area contributed by atoms with Crippen molar-refractivity contribution in [2.75, 3.05) is 6.54 Å². The van der Waals surface area contributed by atoms with Crippen molar-refractivity contribution in [3.05, 3.63) is 71.8 Å². The second kappa shape index (κ2) is 13.4. The molecule has 35 heavy (non-hydrogen) atoms. The maximum absolute atomic E-state index is 13.1. The number of amides is 2. The van der Waals surface area contributed by atoms with Crippen molar-refractivity contribution in [2.24, 2.45) is 11.3 Å². The fourth-order valence-corrected chi connectivity index (χ4v) is 3.62. The molecule has 2 atom stereocenters. The zero-order valence-corrected chi connectivity index (χ0v) is 20.8. The monoisotopic (exact) mass is 480 g/mol. The summed E-state index contributed by atoms with van der Waals surface area (Å²) in [5.41, 5.74) is 1.67. The Morgan fingerprint density at radius 1 is 0.857 bits per heavy atom. The first-order chi connectivity index (χ1) is 16.5. The van der Waals surface area contributed by atoms with Crippen LogP contribution in [0, 0.1) is 11.3 Å². The Labute approximate surface area is 207 Å². The molecule has 0 spiro atoms. The van der Waals surface area contributed by atoms with E-state index in [4.69, 9.17) is 0 Å². The molecule has 0 aromatic heterocycles. The molecule has 7 nitrogen and oxygen atoms in total. The van der Waals surface area contributed by atoms with E-state index in [2.05, 4.69) is 10.6 Å². The lowest BCUT2D eigenvalue weighted by Crippen LogP contribution is -2.46. The van der Waals surface area contributed by atoms with Crippen LogP contribution in [-0.2, 0) is 32.0 Å². The Morgan fingerprint density at radius 2 is 1.40 bits per heavy atom. The van der Waals surface area contributed by atoms with E-state index in [9.17, 15) is 24.3 Å². The van der Waals surface area contributed by atoms with E-state index in [1.54, 1.807) is 12.1 Å². The third-order valence-electron chi connectivity index (χ3n) is 5.65. The van der Waals surface area contributed by atoms with Crippen molar-refractivity contribution < 1.29 is 24.3 Å². The van der Waals surface area contributed by atoms with Crippen molar-refractivity contribution in [3.8, 4) is 0 Å². The molecule has 0 aliphatic carbocycles. The summed E-state index contributed by atoms with van der Waals surface area (Å²) in [4.78, 5) is 49.7. The maximum atomic E-state index is 13.1. The molecular formula is C28H36N2O5. The Kier molecular flexibility index (Phi) is 10.6. The smallest absolute Gasteiger partial charge is 0.326 e. The number of Topliss-reactive ketones (excluding diaryl/α,β-unsaturated/α-hetero) is 1. The minimum atomic E-state index is -1.14. The SMILES string of the molecule is CC(C)(C)CCC(=O)NCC(=O)C[C@@H](Cc1ccccc1)C(=O)N[C@@H](Cc1ccccc1)C(=O)O. The number of aliphatic carboxylic acids is 1. The number of carboxylic acids is 1. The first kappa shape index (κ1) is 27.8. The summed E-state index contributed by atoms with van der Waals surface area (Å²) < 4.78 is 0. The van der Waals surface area contributed by atoms with E-state index >= 15 is 0 Å². The molecule has 2 aromatic rings. The molecule has 188 valence electrons. The average molecular weight is 481 g/mol. The maximum Gasteiger partial charge on any atom is 0.326 e. The molecule has 3 N–H and O–H groups in total. The molecule has 0 aliphatic heterocycles. The number of ketones is 1. The lowest BCUT2D eigenvalue weighted by atomic mass is 9.90. The van der Waals surface area contributed by atoms with E-state index in [0.29, 0.717) is 12.8 Å². The summed E-state index contributed by atoms with van der Waals surface area (Å²) in [6, 6.07) is 17.2. The minimum absolute atomic E-state index is 0.0145. The van der Waals surface area contributed by atoms with Crippen LogP contribution in [0.25, 0.3) is 0 Å². The van der Waals surface area contributed by atoms with Crippen LogP contribution in [0.4, 0.5) is 0 Å². The molecule has 0 saturated heterocycles. The third-order valence-corrected chi connectivity index (χ3v) is 5.65. The van der Waals surface area contributed by atoms with Crippen LogP contribution in [0.1, 0.15) is 51.2 Å². The van der Waals surface area contributed by atoms with Crippen molar-refractivity contribution in [2.45, 2.75) is 58.9 Å². The lowest BCUT2D eigenvalue weighted by Gasteiger charge is -2.21. The Morgan fingerprint density at radius 3 is 1.91 bits per heavy atom. The van der Waals surface area contributed by atoms with Gasteiger partial charge in [-0.2, -0.15) is 0 Å². The van der Waals surface area contributed by atoms with Crippen molar-refractivity contribution >= 4 is 23.6 Å². The predicted octanol–water partition coefficient (Wildman–Crippen LogP) is 3.56. The van der Waals surface area contributed by atoms with E-state index in [1.165, 1.54) is 0 Å². The summed E-state index contributed by atoms with van der Waals surface area (Å²) in [6.07, 6.45) is 1.35. The lowest BCUT2D eigenvalue weighted by molar-refractivity contribution is -0.142. The molecule has 2 aromatic carbocycles. The number of carbonyl (C=O) groups is 4. The van der Waals surface area contributed by atoms with Crippen LogP contribution in [-0.4, -0.2) is 41.3 Å². The van der Waals surface area contributed by atoms with Gasteiger partial charge in [-0.1, -0.05) is 81.4 Å². The second-order valence-electron chi connectivity index (χ2n) is 10.1. The van der Waals surface area contributed by atoms with Gasteiger partial charge in [-0.3, -0.25) is 14.4 Å². The summed E-state index contributed by atoms with van der Waals surface area (Å²) >= 11 is 0. The van der Waals surface area contributed by atoms with Gasteiger partial charge in [0.25, 0.3) is 0 Å². The van der Waals surface area contributed by atoms with Crippen LogP contribution in [0.2, 0.25) is 0 Å². The zero-order valence-electron chi connectivity index (χ0n) is 20.8. The Hall–Kier alpha value is -3.48. The molecule has 0 bridgehead atoms. The molecule has 7 heteroatoms. The van der Waals surface area contributed by atoms with Crippen molar-refractivity contribution in [3.63, 3.8) is 0 Å². The van der Waals surface area contributed by atoms with Crippen LogP contribution in [0.3, 0.4) is 0 Å². The van der Waals surface area contributed by atoms with Gasteiger partial charge in [0.05, 0.1) is 6.54 Å². The van der Waals surface area contributed by atoms with Gasteiger partial charge in [0.1, 0.15) is 6.04 Å². The fourth-order valence-electron chi connectivity index (χ4n) is 3.62. The van der Waals surface area contributed by atoms with Crippen LogP contribution < -0.4 is 10.6 Å². The molecule has 0 unspecified atom stereocenters. The highest BCUT2D eigenvalue weighted by atomic mass is 16.4. The van der Waals surface area contributed by atoms with Gasteiger partial charge in [-0.25, -0.2) is 4.79 Å². The molecule has 2 rings (SSSR count). The minimum Gasteiger partial charge on any atom is -0.480 e. The standard InChI is InChI=1S/C28H36N2O5/c1-28(2,3)15-14-25(32)29-19-23(31)18-22(16-20-10-6-4-7-11-20)26(33)30-24(27(34)35)17-21-12-8-5-9-13-21/h4-13,22,24H,14-19H2,1-3H3,(H,29,32)(H,30,33)(H,34,35)/t22-,24+/m1/s1. The Bertz CT molecular complexity index is 983. The highest BCUT2D eigenvalue weighted by Crippen LogP contribution is 2.20. The number of hydrogen-bond donors (Lipinski definition) is 3. The van der Waals surface area contributed by atoms with E-state index < -0.39 is 23.8 Å². The predicted molar refractivity (Wildman–Crippen MR) is 135 cm³/mol. The number of rotatable bonds is 13. The number of benzene rings is 2. The highest BCUT2D eigenvalue weighted by molar-refractivity contribution is 5.91. The summed E-state index contributed by atoms with van der Waals surface area (Å²) in [5, 5.41) is 14.9. The molecule has 2 amide bonds. The largest absolute Gasteiger partial charge is 0.480 e. The van der Waals surface area contributed by atoms with E-state index in [0.717, 1.165) is 11.1 Å². The summed E-state index contributed by atoms with van der Waals surface area (Å²) in [6.45, 7) is 5.97. The number of carbonyl (C=O) groups excluding carboxylic acids is 3. The highest BCUT2D eigenvalue weighted by Gasteiger charge is 2.27. The van der Waals surface area contributed by atoms with Crippen molar-refractivity contribution in [1.82, 2.24) is 10.6 Å². The summed E-state index contributed by atoms with van der Waals surface area (Å²) in [7, 11) is 0. The second-order valence-corrected chi connectivity index (χ2v) is 10.1. The van der Waals surface area contributed by atoms with Gasteiger partial charge in [-0.05, 0) is 29.4 Å². The van der Waals surface area contributed by atoms with Gasteiger partial charge in [0.15, 0.2) is 5.78 Å². The van der Waals surface area contributed by atoms with Crippen molar-refractivity contribution in [1.29, 1.82) is 0 Å². The Balaban J connectivity index is 2.04. The molecule has 0 fully saturated rings. The van der Waals surface area contributed by atoms with E-state index in [-0.39, 0.29) is 42.9 Å². The van der Waals surface area contributed by atoms with E-state index in [1.807, 2.05) is 69.3 Å². The van der Waals surface area contributed by atoms with Crippen LogP contribution in [0.5, 0.6) is 0 Å².